The summed E-state index contributed by atoms with van der Waals surface area (Å²) >= 11 is 0. The average Bonchev–Trinajstić information content (AvgIpc) is 2.24. The molecule has 0 atom stereocenters. The quantitative estimate of drug-likeness (QED) is 0.562. The molecule has 0 saturated carbocycles. The van der Waals surface area contributed by atoms with Gasteiger partial charge in [0, 0.05) is 23.8 Å². The maximum Gasteiger partial charge on any atom is 0.150 e. The van der Waals surface area contributed by atoms with Crippen LogP contribution in [0.5, 0.6) is 0 Å². The van der Waals surface area contributed by atoms with Gasteiger partial charge in [0.25, 0.3) is 0 Å². The van der Waals surface area contributed by atoms with Crippen molar-refractivity contribution in [1.82, 2.24) is 0 Å². The van der Waals surface area contributed by atoms with Crippen LogP contribution in [0, 0.1) is 5.82 Å². The number of hydrogen-bond donors (Lipinski definition) is 0. The second-order valence-corrected chi connectivity index (χ2v) is 3.90. The van der Waals surface area contributed by atoms with Crippen molar-refractivity contribution in [3.05, 3.63) is 42.2 Å². The molecule has 0 aliphatic carbocycles. The van der Waals surface area contributed by atoms with Crippen molar-refractivity contribution in [1.29, 1.82) is 0 Å². The maximum absolute atomic E-state index is 13.3. The summed E-state index contributed by atoms with van der Waals surface area (Å²) in [5, 5.41) is 0. The van der Waals surface area contributed by atoms with E-state index in [1.165, 1.54) is 12.1 Å². The maximum atomic E-state index is 13.3. The largest absolute Gasteiger partial charge is 0.365 e. The van der Waals surface area contributed by atoms with Crippen LogP contribution in [0.2, 0.25) is 0 Å². The minimum Gasteiger partial charge on any atom is -0.365 e. The monoisotopic (exact) mass is 221 g/mol. The molecule has 0 aromatic heterocycles. The zero-order chi connectivity index (χ0) is 12.1. The van der Waals surface area contributed by atoms with Crippen LogP contribution in [0.25, 0.3) is 0 Å². The highest BCUT2D eigenvalue weighted by Gasteiger charge is 2.10. The zero-order valence-electron chi connectivity index (χ0n) is 9.61. The number of rotatable bonds is 5. The molecule has 86 valence electrons. The number of carbonyl (C=O) groups is 1. The molecule has 2 nitrogen and oxygen atoms in total. The van der Waals surface area contributed by atoms with Gasteiger partial charge in [-0.25, -0.2) is 4.39 Å². The summed E-state index contributed by atoms with van der Waals surface area (Å²) in [6.07, 6.45) is 2.41. The van der Waals surface area contributed by atoms with Crippen molar-refractivity contribution >= 4 is 12.0 Å². The van der Waals surface area contributed by atoms with Crippen molar-refractivity contribution in [3.8, 4) is 0 Å². The van der Waals surface area contributed by atoms with Gasteiger partial charge in [-0.15, -0.1) is 6.58 Å². The van der Waals surface area contributed by atoms with Gasteiger partial charge in [-0.05, 0) is 32.0 Å². The number of nitrogens with zero attached hydrogens (tertiary/aromatic N) is 1. The second kappa shape index (κ2) is 5.45. The Morgan fingerprint density at radius 3 is 2.62 bits per heavy atom. The van der Waals surface area contributed by atoms with Crippen molar-refractivity contribution in [3.63, 3.8) is 0 Å². The summed E-state index contributed by atoms with van der Waals surface area (Å²) in [7, 11) is 0. The van der Waals surface area contributed by atoms with Gasteiger partial charge in [-0.1, -0.05) is 6.08 Å². The number of anilines is 1. The van der Waals surface area contributed by atoms with E-state index in [0.29, 0.717) is 24.1 Å². The summed E-state index contributed by atoms with van der Waals surface area (Å²) in [4.78, 5) is 12.6. The zero-order valence-corrected chi connectivity index (χ0v) is 9.61. The number of carbonyl (C=O) groups excluding carboxylic acids is 1. The van der Waals surface area contributed by atoms with E-state index in [1.54, 1.807) is 12.1 Å². The Labute approximate surface area is 95.4 Å². The lowest BCUT2D eigenvalue weighted by molar-refractivity contribution is 0.112. The molecular formula is C13H16FNO. The molecule has 1 aromatic rings. The first-order valence-corrected chi connectivity index (χ1v) is 5.21. The molecule has 0 radical (unpaired) electrons. The molecule has 0 bridgehead atoms. The molecule has 0 unspecified atom stereocenters. The molecule has 3 heteroatoms. The SMILES string of the molecule is C=CCN(c1cc(F)cc(C=O)c1)C(C)C. The third-order valence-electron chi connectivity index (χ3n) is 2.32. The Bertz CT molecular complexity index is 388. The summed E-state index contributed by atoms with van der Waals surface area (Å²) < 4.78 is 13.3. The van der Waals surface area contributed by atoms with E-state index >= 15 is 0 Å². The van der Waals surface area contributed by atoms with E-state index in [9.17, 15) is 9.18 Å². The highest BCUT2D eigenvalue weighted by Crippen LogP contribution is 2.20. The number of hydrogen-bond acceptors (Lipinski definition) is 2. The summed E-state index contributed by atoms with van der Waals surface area (Å²) in [6.45, 7) is 8.31. The second-order valence-electron chi connectivity index (χ2n) is 3.90. The Balaban J connectivity index is 3.12. The molecule has 0 fully saturated rings. The fraction of sp³-hybridized carbons (Fsp3) is 0.308. The molecule has 1 rings (SSSR count). The Morgan fingerprint density at radius 1 is 1.44 bits per heavy atom. The normalized spacial score (nSPS) is 10.2. The van der Waals surface area contributed by atoms with Crippen LogP contribution in [0.1, 0.15) is 24.2 Å². The van der Waals surface area contributed by atoms with Crippen molar-refractivity contribution in [2.24, 2.45) is 0 Å². The minimum absolute atomic E-state index is 0.222. The standard InChI is InChI=1S/C13H16FNO/c1-4-5-15(10(2)3)13-7-11(9-16)6-12(14)8-13/h4,6-10H,1,5H2,2-3H3. The highest BCUT2D eigenvalue weighted by atomic mass is 19.1. The Morgan fingerprint density at radius 2 is 2.12 bits per heavy atom. The molecule has 0 aliphatic rings. The van der Waals surface area contributed by atoms with Crippen LogP contribution < -0.4 is 4.90 Å². The van der Waals surface area contributed by atoms with Gasteiger partial charge in [0.15, 0.2) is 0 Å². The molecule has 16 heavy (non-hydrogen) atoms. The van der Waals surface area contributed by atoms with E-state index < -0.39 is 5.82 Å². The predicted octanol–water partition coefficient (Wildman–Crippen LogP) is 3.04. The van der Waals surface area contributed by atoms with E-state index in [4.69, 9.17) is 0 Å². The number of benzene rings is 1. The van der Waals surface area contributed by atoms with Crippen LogP contribution in [-0.4, -0.2) is 18.9 Å². The summed E-state index contributed by atoms with van der Waals surface area (Å²) in [5.74, 6) is -0.394. The molecule has 0 spiro atoms. The lowest BCUT2D eigenvalue weighted by atomic mass is 10.1. The summed E-state index contributed by atoms with van der Waals surface area (Å²) in [6, 6.07) is 4.55. The van der Waals surface area contributed by atoms with Gasteiger partial charge in [0.2, 0.25) is 0 Å². The smallest absolute Gasteiger partial charge is 0.150 e. The fourth-order valence-electron chi connectivity index (χ4n) is 1.58. The molecule has 0 aliphatic heterocycles. The first kappa shape index (κ1) is 12.4. The molecular weight excluding hydrogens is 205 g/mol. The topological polar surface area (TPSA) is 20.3 Å². The van der Waals surface area contributed by atoms with E-state index in [2.05, 4.69) is 6.58 Å². The minimum atomic E-state index is -0.394. The Hall–Kier alpha value is -1.64. The predicted molar refractivity (Wildman–Crippen MR) is 64.5 cm³/mol. The average molecular weight is 221 g/mol. The molecule has 0 N–H and O–H groups in total. The van der Waals surface area contributed by atoms with Crippen molar-refractivity contribution in [2.45, 2.75) is 19.9 Å². The van der Waals surface area contributed by atoms with Crippen molar-refractivity contribution < 1.29 is 9.18 Å². The van der Waals surface area contributed by atoms with E-state index in [0.717, 1.165) is 0 Å². The van der Waals surface area contributed by atoms with E-state index in [-0.39, 0.29) is 6.04 Å². The fourth-order valence-corrected chi connectivity index (χ4v) is 1.58. The molecule has 0 amide bonds. The van der Waals surface area contributed by atoms with Crippen LogP contribution in [0.4, 0.5) is 10.1 Å². The van der Waals surface area contributed by atoms with Gasteiger partial charge in [-0.2, -0.15) is 0 Å². The summed E-state index contributed by atoms with van der Waals surface area (Å²) in [5.41, 5.74) is 1.06. The Kier molecular flexibility index (Phi) is 4.23. The van der Waals surface area contributed by atoms with Crippen molar-refractivity contribution in [2.75, 3.05) is 11.4 Å². The highest BCUT2D eigenvalue weighted by molar-refractivity contribution is 5.77. The van der Waals surface area contributed by atoms with Crippen LogP contribution in [-0.2, 0) is 0 Å². The molecule has 1 aromatic carbocycles. The number of aldehydes is 1. The van der Waals surface area contributed by atoms with Gasteiger partial charge < -0.3 is 4.90 Å². The first-order chi connectivity index (χ1) is 7.58. The lowest BCUT2D eigenvalue weighted by Crippen LogP contribution is -2.30. The van der Waals surface area contributed by atoms with Gasteiger partial charge >= 0.3 is 0 Å². The van der Waals surface area contributed by atoms with Gasteiger partial charge in [-0.3, -0.25) is 4.79 Å². The third-order valence-corrected chi connectivity index (χ3v) is 2.32. The third kappa shape index (κ3) is 2.92. The lowest BCUT2D eigenvalue weighted by Gasteiger charge is -2.27. The van der Waals surface area contributed by atoms with Crippen LogP contribution in [0.15, 0.2) is 30.9 Å². The van der Waals surface area contributed by atoms with E-state index in [1.807, 2.05) is 18.7 Å². The molecule has 0 saturated heterocycles. The first-order valence-electron chi connectivity index (χ1n) is 5.21. The van der Waals surface area contributed by atoms with Crippen LogP contribution >= 0.6 is 0 Å². The van der Waals surface area contributed by atoms with Crippen LogP contribution in [0.3, 0.4) is 0 Å². The molecule has 0 heterocycles. The van der Waals surface area contributed by atoms with Gasteiger partial charge in [0.1, 0.15) is 12.1 Å². The number of halogens is 1. The van der Waals surface area contributed by atoms with Gasteiger partial charge in [0.05, 0.1) is 0 Å².